The molecule has 0 radical (unpaired) electrons. The lowest BCUT2D eigenvalue weighted by molar-refractivity contribution is 1.32. The lowest BCUT2D eigenvalue weighted by atomic mass is 10.1. The Morgan fingerprint density at radius 3 is 0.500 bits per heavy atom. The zero-order valence-electron chi connectivity index (χ0n) is 25.1. The Hall–Kier alpha value is -3.12. The quantitative estimate of drug-likeness (QED) is 0.234. The summed E-state index contributed by atoms with van der Waals surface area (Å²) in [6.45, 7) is 25.2. The number of hydrogen-bond acceptors (Lipinski definition) is 0. The van der Waals surface area contributed by atoms with Gasteiger partial charge in [0.25, 0.3) is 0 Å². The van der Waals surface area contributed by atoms with E-state index in [0.29, 0.717) is 0 Å². The van der Waals surface area contributed by atoms with Gasteiger partial charge in [0.2, 0.25) is 0 Å². The fourth-order valence-electron chi connectivity index (χ4n) is 4.02. The molecule has 0 aromatic heterocycles. The maximum absolute atomic E-state index is 2.19. The second-order valence-corrected chi connectivity index (χ2v) is 9.65. The molecule has 0 unspecified atom stereocenters. The molecule has 36 heavy (non-hydrogen) atoms. The van der Waals surface area contributed by atoms with Crippen LogP contribution in [0.3, 0.4) is 0 Å². The van der Waals surface area contributed by atoms with Crippen molar-refractivity contribution in [2.24, 2.45) is 0 Å². The van der Waals surface area contributed by atoms with Crippen molar-refractivity contribution in [3.05, 3.63) is 141 Å². The molecule has 0 saturated carbocycles. The maximum Gasteiger partial charge on any atom is -0.0398 e. The molecule has 4 rings (SSSR count). The van der Waals surface area contributed by atoms with E-state index in [1.807, 2.05) is 13.8 Å². The summed E-state index contributed by atoms with van der Waals surface area (Å²) in [6, 6.07) is 30.0. The first-order chi connectivity index (χ1) is 16.9. The standard InChI is InChI=1S/2C9H12.2C8H10.C2H6/c2*1-7-4-8(2)6-9(3)5-7;2*1-7-4-3-5-8(2)6-7;1-2/h2*4-6H,1-3H3;2*3-6H,1-2H3;1-2H3. The van der Waals surface area contributed by atoms with Crippen LogP contribution in [0.15, 0.2) is 84.9 Å². The van der Waals surface area contributed by atoms with E-state index in [0.717, 1.165) is 0 Å². The fourth-order valence-corrected chi connectivity index (χ4v) is 4.02. The summed E-state index contributed by atoms with van der Waals surface area (Å²) in [4.78, 5) is 0. The predicted octanol–water partition coefficient (Wildman–Crippen LogP) is 10.9. The van der Waals surface area contributed by atoms with Crippen LogP contribution in [0.25, 0.3) is 0 Å². The summed E-state index contributed by atoms with van der Waals surface area (Å²) in [7, 11) is 0. The van der Waals surface area contributed by atoms with Gasteiger partial charge in [-0.1, -0.05) is 154 Å². The van der Waals surface area contributed by atoms with E-state index >= 15 is 0 Å². The minimum Gasteiger partial charge on any atom is -0.0683 e. The molecule has 0 saturated heterocycles. The van der Waals surface area contributed by atoms with Crippen LogP contribution in [-0.2, 0) is 0 Å². The van der Waals surface area contributed by atoms with Crippen molar-refractivity contribution in [1.82, 2.24) is 0 Å². The molecule has 0 nitrogen and oxygen atoms in total. The van der Waals surface area contributed by atoms with Gasteiger partial charge >= 0.3 is 0 Å². The second kappa shape index (κ2) is 18.2. The number of benzene rings is 4. The van der Waals surface area contributed by atoms with Gasteiger partial charge in [-0.3, -0.25) is 0 Å². The highest BCUT2D eigenvalue weighted by atomic mass is 13.9. The summed E-state index contributed by atoms with van der Waals surface area (Å²) in [5, 5.41) is 0. The number of rotatable bonds is 0. The average Bonchev–Trinajstić information content (AvgIpc) is 2.74. The normalized spacial score (nSPS) is 9.11. The summed E-state index contributed by atoms with van der Waals surface area (Å²) in [5.41, 5.74) is 13.5. The van der Waals surface area contributed by atoms with Crippen molar-refractivity contribution in [1.29, 1.82) is 0 Å². The van der Waals surface area contributed by atoms with Gasteiger partial charge in [0.15, 0.2) is 0 Å². The Balaban J connectivity index is 0.000000444. The van der Waals surface area contributed by atoms with Crippen LogP contribution in [-0.4, -0.2) is 0 Å². The molecule has 0 aliphatic rings. The van der Waals surface area contributed by atoms with Gasteiger partial charge in [0.05, 0.1) is 0 Å². The molecule has 0 N–H and O–H groups in total. The first-order valence-electron chi connectivity index (χ1n) is 13.1. The predicted molar refractivity (Wildman–Crippen MR) is 164 cm³/mol. The first-order valence-corrected chi connectivity index (χ1v) is 13.1. The molecule has 0 aliphatic heterocycles. The molecule has 0 fully saturated rings. The summed E-state index contributed by atoms with van der Waals surface area (Å²) < 4.78 is 0. The summed E-state index contributed by atoms with van der Waals surface area (Å²) in [6.07, 6.45) is 0. The van der Waals surface area contributed by atoms with Gasteiger partial charge in [0, 0.05) is 0 Å². The Kier molecular flexibility index (Phi) is 16.6. The number of hydrogen-bond donors (Lipinski definition) is 0. The Morgan fingerprint density at radius 1 is 0.250 bits per heavy atom. The first kappa shape index (κ1) is 32.9. The highest BCUT2D eigenvalue weighted by Crippen LogP contribution is 2.07. The largest absolute Gasteiger partial charge is 0.0683 e. The summed E-state index contributed by atoms with van der Waals surface area (Å²) >= 11 is 0. The molecular weight excluding hydrogens is 432 g/mol. The zero-order chi connectivity index (χ0) is 27.7. The third-order valence-electron chi connectivity index (χ3n) is 5.08. The van der Waals surface area contributed by atoms with Crippen LogP contribution in [0.1, 0.15) is 69.5 Å². The minimum absolute atomic E-state index is 1.34. The van der Waals surface area contributed by atoms with E-state index in [1.54, 1.807) is 0 Å². The Bertz CT molecular complexity index is 920. The molecule has 0 atom stereocenters. The van der Waals surface area contributed by atoms with Gasteiger partial charge in [0.1, 0.15) is 0 Å². The fraction of sp³-hybridized carbons (Fsp3) is 0.333. The van der Waals surface area contributed by atoms with E-state index in [1.165, 1.54) is 55.6 Å². The van der Waals surface area contributed by atoms with Crippen molar-refractivity contribution < 1.29 is 0 Å². The molecule has 0 amide bonds. The highest BCUT2D eigenvalue weighted by Gasteiger charge is 1.88. The van der Waals surface area contributed by atoms with Crippen LogP contribution in [0.5, 0.6) is 0 Å². The summed E-state index contributed by atoms with van der Waals surface area (Å²) in [5.74, 6) is 0. The third kappa shape index (κ3) is 16.5. The monoisotopic (exact) mass is 482 g/mol. The van der Waals surface area contributed by atoms with Crippen molar-refractivity contribution in [3.8, 4) is 0 Å². The lowest BCUT2D eigenvalue weighted by Gasteiger charge is -1.96. The van der Waals surface area contributed by atoms with Gasteiger partial charge in [-0.05, 0) is 69.2 Å². The van der Waals surface area contributed by atoms with Crippen molar-refractivity contribution >= 4 is 0 Å². The van der Waals surface area contributed by atoms with Crippen LogP contribution in [0, 0.1) is 69.2 Å². The van der Waals surface area contributed by atoms with Crippen LogP contribution in [0.2, 0.25) is 0 Å². The van der Waals surface area contributed by atoms with Crippen molar-refractivity contribution in [2.75, 3.05) is 0 Å². The van der Waals surface area contributed by atoms with Crippen molar-refractivity contribution in [2.45, 2.75) is 83.1 Å². The highest BCUT2D eigenvalue weighted by molar-refractivity contribution is 5.28. The van der Waals surface area contributed by atoms with Gasteiger partial charge in [-0.25, -0.2) is 0 Å². The minimum atomic E-state index is 1.34. The molecule has 4 aromatic carbocycles. The van der Waals surface area contributed by atoms with E-state index in [-0.39, 0.29) is 0 Å². The van der Waals surface area contributed by atoms with Gasteiger partial charge in [-0.15, -0.1) is 0 Å². The van der Waals surface area contributed by atoms with Crippen molar-refractivity contribution in [3.63, 3.8) is 0 Å². The Labute approximate surface area is 223 Å². The average molecular weight is 483 g/mol. The molecule has 0 spiro atoms. The SMILES string of the molecule is CC.Cc1cc(C)cc(C)c1.Cc1cc(C)cc(C)c1.Cc1cccc(C)c1.Cc1cccc(C)c1. The maximum atomic E-state index is 2.19. The van der Waals surface area contributed by atoms with Gasteiger partial charge < -0.3 is 0 Å². The molecule has 0 heteroatoms. The molecule has 4 aromatic rings. The van der Waals surface area contributed by atoms with Crippen LogP contribution >= 0.6 is 0 Å². The van der Waals surface area contributed by atoms with Crippen LogP contribution < -0.4 is 0 Å². The van der Waals surface area contributed by atoms with E-state index < -0.39 is 0 Å². The molecule has 194 valence electrons. The van der Waals surface area contributed by atoms with E-state index in [4.69, 9.17) is 0 Å². The van der Waals surface area contributed by atoms with Crippen LogP contribution in [0.4, 0.5) is 0 Å². The Morgan fingerprint density at radius 2 is 0.389 bits per heavy atom. The smallest absolute Gasteiger partial charge is 0.0398 e. The second-order valence-electron chi connectivity index (χ2n) is 9.65. The van der Waals surface area contributed by atoms with Gasteiger partial charge in [-0.2, -0.15) is 0 Å². The topological polar surface area (TPSA) is 0 Å². The molecular formula is C36H50. The van der Waals surface area contributed by atoms with E-state index in [9.17, 15) is 0 Å². The molecule has 0 aliphatic carbocycles. The third-order valence-corrected chi connectivity index (χ3v) is 5.08. The number of aryl methyl sites for hydroxylation is 10. The van der Waals surface area contributed by atoms with E-state index in [2.05, 4.69) is 154 Å². The molecule has 0 bridgehead atoms. The zero-order valence-corrected chi connectivity index (χ0v) is 25.1. The molecule has 0 heterocycles. The lowest BCUT2D eigenvalue weighted by Crippen LogP contribution is -1.78.